The average molecular weight is 560 g/mol. The van der Waals surface area contributed by atoms with Crippen molar-refractivity contribution >= 4 is 62.6 Å². The van der Waals surface area contributed by atoms with Crippen LogP contribution in [0.1, 0.15) is 12.5 Å². The molecule has 3 rings (SSSR count). The molecule has 0 aromatic heterocycles. The molecule has 0 saturated heterocycles. The van der Waals surface area contributed by atoms with E-state index in [0.29, 0.717) is 5.69 Å². The smallest absolute Gasteiger partial charge is 0.339 e. The summed E-state index contributed by atoms with van der Waals surface area (Å²) in [4.78, 5) is 23.7. The van der Waals surface area contributed by atoms with Gasteiger partial charge in [-0.2, -0.15) is 13.7 Å². The molecule has 9 nitrogen and oxygen atoms in total. The van der Waals surface area contributed by atoms with E-state index in [4.69, 9.17) is 32.1 Å². The SMILES string of the molecule is COc1ccc(/C=C(\C#N)C(=O)Nc2c(Cl)cccc2Cl)cc1OS(=O)(=O)c1ccc(NC(C)=O)cc1. The van der Waals surface area contributed by atoms with Crippen molar-refractivity contribution in [1.82, 2.24) is 0 Å². The number of benzene rings is 3. The molecule has 12 heteroatoms. The molecule has 0 aliphatic carbocycles. The lowest BCUT2D eigenvalue weighted by atomic mass is 10.1. The Bertz CT molecular complexity index is 1510. The van der Waals surface area contributed by atoms with E-state index in [1.165, 1.54) is 74.7 Å². The molecule has 0 fully saturated rings. The molecule has 0 aliphatic heterocycles. The van der Waals surface area contributed by atoms with Gasteiger partial charge in [0.15, 0.2) is 11.5 Å². The Morgan fingerprint density at radius 2 is 1.62 bits per heavy atom. The van der Waals surface area contributed by atoms with Crippen molar-refractivity contribution in [2.75, 3.05) is 17.7 Å². The molecule has 3 aromatic carbocycles. The predicted molar refractivity (Wildman–Crippen MR) is 140 cm³/mol. The van der Waals surface area contributed by atoms with Crippen LogP contribution in [-0.4, -0.2) is 27.3 Å². The number of nitriles is 1. The Morgan fingerprint density at radius 1 is 0.973 bits per heavy atom. The number of nitrogens with one attached hydrogen (secondary N) is 2. The van der Waals surface area contributed by atoms with E-state index >= 15 is 0 Å². The maximum absolute atomic E-state index is 12.8. The van der Waals surface area contributed by atoms with E-state index in [2.05, 4.69) is 10.6 Å². The fourth-order valence-electron chi connectivity index (χ4n) is 3.04. The number of hydrogen-bond acceptors (Lipinski definition) is 7. The fourth-order valence-corrected chi connectivity index (χ4v) is 4.46. The lowest BCUT2D eigenvalue weighted by Crippen LogP contribution is -2.14. The van der Waals surface area contributed by atoms with Crippen LogP contribution in [0.3, 0.4) is 0 Å². The summed E-state index contributed by atoms with van der Waals surface area (Å²) in [5.41, 5.74) is 0.537. The summed E-state index contributed by atoms with van der Waals surface area (Å²) < 4.78 is 36.2. The van der Waals surface area contributed by atoms with Gasteiger partial charge in [-0.1, -0.05) is 35.3 Å². The molecular weight excluding hydrogens is 541 g/mol. The highest BCUT2D eigenvalue weighted by Gasteiger charge is 2.20. The summed E-state index contributed by atoms with van der Waals surface area (Å²) in [7, 11) is -2.97. The van der Waals surface area contributed by atoms with Gasteiger partial charge in [-0.25, -0.2) is 0 Å². The number of para-hydroxylation sites is 1. The Balaban J connectivity index is 1.89. The highest BCUT2D eigenvalue weighted by Crippen LogP contribution is 2.33. The zero-order valence-corrected chi connectivity index (χ0v) is 21.7. The number of methoxy groups -OCH3 is 1. The van der Waals surface area contributed by atoms with Gasteiger partial charge in [-0.15, -0.1) is 0 Å². The molecule has 0 heterocycles. The maximum atomic E-state index is 12.8. The summed E-state index contributed by atoms with van der Waals surface area (Å²) in [6.45, 7) is 1.33. The van der Waals surface area contributed by atoms with Crippen LogP contribution >= 0.6 is 23.2 Å². The van der Waals surface area contributed by atoms with Gasteiger partial charge in [0.2, 0.25) is 5.91 Å². The number of anilines is 2. The first-order valence-electron chi connectivity index (χ1n) is 10.4. The van der Waals surface area contributed by atoms with E-state index in [0.717, 1.165) is 0 Å². The molecule has 0 saturated carbocycles. The minimum absolute atomic E-state index is 0.0985. The quantitative estimate of drug-likeness (QED) is 0.218. The summed E-state index contributed by atoms with van der Waals surface area (Å²) >= 11 is 12.1. The number of nitrogens with zero attached hydrogens (tertiary/aromatic N) is 1. The second-order valence-corrected chi connectivity index (χ2v) is 9.73. The van der Waals surface area contributed by atoms with Crippen LogP contribution in [0.2, 0.25) is 10.0 Å². The Kier molecular flexibility index (Phi) is 8.78. The van der Waals surface area contributed by atoms with Crippen molar-refractivity contribution in [2.45, 2.75) is 11.8 Å². The van der Waals surface area contributed by atoms with E-state index < -0.39 is 16.0 Å². The molecule has 0 aliphatic rings. The molecule has 0 spiro atoms. The van der Waals surface area contributed by atoms with E-state index in [1.54, 1.807) is 12.1 Å². The van der Waals surface area contributed by atoms with Crippen molar-refractivity contribution in [2.24, 2.45) is 0 Å². The largest absolute Gasteiger partial charge is 0.493 e. The number of carbonyl (C=O) groups is 2. The first-order chi connectivity index (χ1) is 17.5. The van der Waals surface area contributed by atoms with E-state index in [9.17, 15) is 23.3 Å². The van der Waals surface area contributed by atoms with Gasteiger partial charge < -0.3 is 19.6 Å². The highest BCUT2D eigenvalue weighted by molar-refractivity contribution is 7.87. The van der Waals surface area contributed by atoms with Crippen LogP contribution in [0.4, 0.5) is 11.4 Å². The molecule has 0 bridgehead atoms. The van der Waals surface area contributed by atoms with Gasteiger partial charge in [-0.05, 0) is 60.2 Å². The number of carbonyl (C=O) groups excluding carboxylic acids is 2. The molecule has 0 unspecified atom stereocenters. The lowest BCUT2D eigenvalue weighted by Gasteiger charge is -2.12. The number of hydrogen-bond donors (Lipinski definition) is 2. The lowest BCUT2D eigenvalue weighted by molar-refractivity contribution is -0.114. The Hall–Kier alpha value is -4.04. The summed E-state index contributed by atoms with van der Waals surface area (Å²) in [5.74, 6) is -1.15. The second-order valence-electron chi connectivity index (χ2n) is 7.37. The second kappa shape index (κ2) is 11.8. The monoisotopic (exact) mass is 559 g/mol. The van der Waals surface area contributed by atoms with Crippen LogP contribution in [0.15, 0.2) is 71.1 Å². The zero-order valence-electron chi connectivity index (χ0n) is 19.4. The average Bonchev–Trinajstić information content (AvgIpc) is 2.84. The fraction of sp³-hybridized carbons (Fsp3) is 0.0800. The summed E-state index contributed by atoms with van der Waals surface area (Å²) in [6, 6.07) is 16.1. The summed E-state index contributed by atoms with van der Waals surface area (Å²) in [6.07, 6.45) is 1.24. The Morgan fingerprint density at radius 3 is 2.19 bits per heavy atom. The van der Waals surface area contributed by atoms with Crippen molar-refractivity contribution in [3.8, 4) is 17.6 Å². The normalized spacial score (nSPS) is 11.3. The van der Waals surface area contributed by atoms with Crippen molar-refractivity contribution in [3.63, 3.8) is 0 Å². The Labute approximate surface area is 223 Å². The molecule has 37 heavy (non-hydrogen) atoms. The van der Waals surface area contributed by atoms with Crippen molar-refractivity contribution in [1.29, 1.82) is 5.26 Å². The van der Waals surface area contributed by atoms with Crippen LogP contribution in [-0.2, 0) is 19.7 Å². The molecule has 0 radical (unpaired) electrons. The summed E-state index contributed by atoms with van der Waals surface area (Å²) in [5, 5.41) is 14.9. The van der Waals surface area contributed by atoms with Gasteiger partial charge in [0.1, 0.15) is 16.5 Å². The van der Waals surface area contributed by atoms with Crippen LogP contribution in [0.5, 0.6) is 11.5 Å². The van der Waals surface area contributed by atoms with E-state index in [-0.39, 0.29) is 49.2 Å². The van der Waals surface area contributed by atoms with Crippen molar-refractivity contribution < 1.29 is 26.9 Å². The minimum Gasteiger partial charge on any atom is -0.493 e. The molecular formula is C25H19Cl2N3O6S. The topological polar surface area (TPSA) is 135 Å². The number of amides is 2. The van der Waals surface area contributed by atoms with Crippen LogP contribution in [0.25, 0.3) is 6.08 Å². The molecule has 2 N–H and O–H groups in total. The molecule has 3 aromatic rings. The third-order valence-electron chi connectivity index (χ3n) is 4.73. The zero-order chi connectivity index (χ0) is 27.2. The van der Waals surface area contributed by atoms with Gasteiger partial charge in [0.05, 0.1) is 22.8 Å². The van der Waals surface area contributed by atoms with Crippen LogP contribution < -0.4 is 19.6 Å². The molecule has 2 amide bonds. The van der Waals surface area contributed by atoms with E-state index in [1.807, 2.05) is 0 Å². The van der Waals surface area contributed by atoms with Gasteiger partial charge in [-0.3, -0.25) is 9.59 Å². The number of rotatable bonds is 8. The predicted octanol–water partition coefficient (Wildman–Crippen LogP) is 5.27. The maximum Gasteiger partial charge on any atom is 0.339 e. The number of ether oxygens (including phenoxy) is 1. The third kappa shape index (κ3) is 7.01. The minimum atomic E-state index is -4.30. The highest BCUT2D eigenvalue weighted by atomic mass is 35.5. The van der Waals surface area contributed by atoms with Gasteiger partial charge in [0.25, 0.3) is 5.91 Å². The van der Waals surface area contributed by atoms with Crippen LogP contribution in [0, 0.1) is 11.3 Å². The van der Waals surface area contributed by atoms with Gasteiger partial charge >= 0.3 is 10.1 Å². The molecule has 190 valence electrons. The first kappa shape index (κ1) is 27.5. The van der Waals surface area contributed by atoms with Gasteiger partial charge in [0, 0.05) is 12.6 Å². The van der Waals surface area contributed by atoms with Crippen molar-refractivity contribution in [3.05, 3.63) is 81.8 Å². The number of halogens is 2. The standard InChI is InChI=1S/C25H19Cl2N3O6S/c1-15(31)29-18-7-9-19(10-8-18)37(33,34)36-23-13-16(6-11-22(23)35-2)12-17(14-28)25(32)30-24-20(26)4-3-5-21(24)27/h3-13H,1-2H3,(H,29,31)(H,30,32)/b17-12+. The third-order valence-corrected chi connectivity index (χ3v) is 6.61. The molecule has 0 atom stereocenters. The first-order valence-corrected chi connectivity index (χ1v) is 12.6.